The number of halogens is 1. The van der Waals surface area contributed by atoms with Crippen LogP contribution >= 0.6 is 0 Å². The second kappa shape index (κ2) is 6.54. The van der Waals surface area contributed by atoms with Crippen LogP contribution in [-0.2, 0) is 25.6 Å². The molecule has 1 atom stereocenters. The van der Waals surface area contributed by atoms with Crippen molar-refractivity contribution in [1.82, 2.24) is 4.31 Å². The highest BCUT2D eigenvalue weighted by Crippen LogP contribution is 2.28. The summed E-state index contributed by atoms with van der Waals surface area (Å²) in [4.78, 5) is -0.00187. The molecule has 1 aromatic carbocycles. The Labute approximate surface area is 146 Å². The number of sulfone groups is 1. The smallest absolute Gasteiger partial charge is 0.243 e. The van der Waals surface area contributed by atoms with Crippen LogP contribution in [0.2, 0.25) is 0 Å². The Bertz CT molecular complexity index is 968. The van der Waals surface area contributed by atoms with E-state index in [0.29, 0.717) is 11.3 Å². The molecule has 0 aliphatic carbocycles. The molecular formula is C16H18FNO5S2. The second-order valence-corrected chi connectivity index (χ2v) is 10.3. The van der Waals surface area contributed by atoms with E-state index >= 15 is 0 Å². The lowest BCUT2D eigenvalue weighted by molar-refractivity contribution is 0.475. The Morgan fingerprint density at radius 1 is 1.24 bits per heavy atom. The van der Waals surface area contributed by atoms with Crippen LogP contribution in [0.15, 0.2) is 45.9 Å². The molecule has 6 nitrogen and oxygen atoms in total. The van der Waals surface area contributed by atoms with E-state index in [0.717, 1.165) is 16.4 Å². The number of aryl methyl sites for hydroxylation is 1. The summed E-state index contributed by atoms with van der Waals surface area (Å²) in [6, 6.07) is 6.62. The first kappa shape index (κ1) is 18.1. The second-order valence-electron chi connectivity index (χ2n) is 6.07. The van der Waals surface area contributed by atoms with Gasteiger partial charge in [0.25, 0.3) is 0 Å². The Balaban J connectivity index is 1.80. The lowest BCUT2D eigenvalue weighted by Crippen LogP contribution is -2.32. The average Bonchev–Trinajstić information content (AvgIpc) is 3.17. The number of furan rings is 1. The fraction of sp³-hybridized carbons (Fsp3) is 0.375. The van der Waals surface area contributed by atoms with Crippen molar-refractivity contribution >= 4 is 19.9 Å². The number of benzene rings is 1. The van der Waals surface area contributed by atoms with Crippen LogP contribution < -0.4 is 0 Å². The van der Waals surface area contributed by atoms with Gasteiger partial charge in [0, 0.05) is 13.1 Å². The summed E-state index contributed by atoms with van der Waals surface area (Å²) in [5.41, 5.74) is 0.293. The third-order valence-electron chi connectivity index (χ3n) is 4.29. The van der Waals surface area contributed by atoms with Gasteiger partial charge in [-0.3, -0.25) is 0 Å². The average molecular weight is 387 g/mol. The predicted molar refractivity (Wildman–Crippen MR) is 89.6 cm³/mol. The van der Waals surface area contributed by atoms with Gasteiger partial charge in [-0.15, -0.1) is 0 Å². The minimum absolute atomic E-state index is 0.00187. The van der Waals surface area contributed by atoms with E-state index in [-0.39, 0.29) is 30.2 Å². The molecule has 1 aromatic heterocycles. The third kappa shape index (κ3) is 3.63. The van der Waals surface area contributed by atoms with Gasteiger partial charge in [-0.05, 0) is 49.2 Å². The number of sulfonamides is 1. The zero-order valence-electron chi connectivity index (χ0n) is 13.6. The molecule has 9 heteroatoms. The van der Waals surface area contributed by atoms with Crippen LogP contribution in [0.5, 0.6) is 0 Å². The van der Waals surface area contributed by atoms with Crippen LogP contribution in [-0.4, -0.2) is 39.5 Å². The van der Waals surface area contributed by atoms with Gasteiger partial charge in [0.1, 0.15) is 17.3 Å². The van der Waals surface area contributed by atoms with Crippen molar-refractivity contribution in [1.29, 1.82) is 0 Å². The molecular weight excluding hydrogens is 369 g/mol. The van der Waals surface area contributed by atoms with Crippen LogP contribution in [0, 0.1) is 12.7 Å². The lowest BCUT2D eigenvalue weighted by Gasteiger charge is -2.18. The Morgan fingerprint density at radius 3 is 2.64 bits per heavy atom. The standard InChI is InChI=1S/C16H18FNO5S2/c1-12-9-13(17)4-5-16(12)25(21,22)18-7-6-15(10-18)24(19,20)11-14-3-2-8-23-14/h2-5,8-9,15H,6-7,10-11H2,1H3/t15-/m0/s1. The maximum Gasteiger partial charge on any atom is 0.243 e. The number of hydrogen-bond donors (Lipinski definition) is 0. The molecule has 0 saturated carbocycles. The van der Waals surface area contributed by atoms with Crippen molar-refractivity contribution in [3.05, 3.63) is 53.7 Å². The first-order chi connectivity index (χ1) is 11.7. The van der Waals surface area contributed by atoms with E-state index in [9.17, 15) is 21.2 Å². The van der Waals surface area contributed by atoms with Gasteiger partial charge >= 0.3 is 0 Å². The minimum Gasteiger partial charge on any atom is -0.468 e. The molecule has 0 N–H and O–H groups in total. The van der Waals surface area contributed by atoms with Crippen molar-refractivity contribution < 1.29 is 25.6 Å². The largest absolute Gasteiger partial charge is 0.468 e. The van der Waals surface area contributed by atoms with E-state index in [1.54, 1.807) is 12.1 Å². The van der Waals surface area contributed by atoms with Gasteiger partial charge in [0.05, 0.1) is 16.4 Å². The molecule has 1 aliphatic rings. The van der Waals surface area contributed by atoms with Crippen molar-refractivity contribution in [2.45, 2.75) is 29.2 Å². The fourth-order valence-electron chi connectivity index (χ4n) is 2.96. The summed E-state index contributed by atoms with van der Waals surface area (Å²) in [6.07, 6.45) is 1.62. The van der Waals surface area contributed by atoms with E-state index in [2.05, 4.69) is 0 Å². The van der Waals surface area contributed by atoms with Crippen molar-refractivity contribution in [2.24, 2.45) is 0 Å². The van der Waals surface area contributed by atoms with Gasteiger partial charge in [0.15, 0.2) is 9.84 Å². The topological polar surface area (TPSA) is 84.7 Å². The van der Waals surface area contributed by atoms with Crippen LogP contribution in [0.25, 0.3) is 0 Å². The molecule has 0 radical (unpaired) electrons. The summed E-state index contributed by atoms with van der Waals surface area (Å²) in [7, 11) is -7.40. The number of hydrogen-bond acceptors (Lipinski definition) is 5. The Hall–Kier alpha value is -1.71. The molecule has 1 fully saturated rings. The summed E-state index contributed by atoms with van der Waals surface area (Å²) >= 11 is 0. The molecule has 0 spiro atoms. The molecule has 1 aliphatic heterocycles. The van der Waals surface area contributed by atoms with Crippen molar-refractivity contribution in [3.8, 4) is 0 Å². The molecule has 136 valence electrons. The zero-order valence-corrected chi connectivity index (χ0v) is 15.2. The van der Waals surface area contributed by atoms with Gasteiger partial charge in [-0.1, -0.05) is 0 Å². The van der Waals surface area contributed by atoms with Gasteiger partial charge in [-0.2, -0.15) is 4.31 Å². The van der Waals surface area contributed by atoms with E-state index < -0.39 is 30.9 Å². The predicted octanol–water partition coefficient (Wildman–Crippen LogP) is 2.11. The molecule has 0 unspecified atom stereocenters. The van der Waals surface area contributed by atoms with Gasteiger partial charge in [0.2, 0.25) is 10.0 Å². The molecule has 25 heavy (non-hydrogen) atoms. The summed E-state index contributed by atoms with van der Waals surface area (Å²) in [5.74, 6) is -0.443. The van der Waals surface area contributed by atoms with Gasteiger partial charge in [-0.25, -0.2) is 21.2 Å². The molecule has 2 aromatic rings. The highest BCUT2D eigenvalue weighted by Gasteiger charge is 2.39. The van der Waals surface area contributed by atoms with Crippen LogP contribution in [0.4, 0.5) is 4.39 Å². The normalized spacial score (nSPS) is 19.4. The molecule has 0 amide bonds. The molecule has 3 rings (SSSR count). The molecule has 1 saturated heterocycles. The zero-order chi connectivity index (χ0) is 18.2. The van der Waals surface area contributed by atoms with Crippen molar-refractivity contribution in [2.75, 3.05) is 13.1 Å². The highest BCUT2D eigenvalue weighted by atomic mass is 32.2. The summed E-state index contributed by atoms with van der Waals surface area (Å²) < 4.78 is 69.9. The van der Waals surface area contributed by atoms with E-state index in [4.69, 9.17) is 4.42 Å². The van der Waals surface area contributed by atoms with Gasteiger partial charge < -0.3 is 4.42 Å². The van der Waals surface area contributed by atoms with E-state index in [1.165, 1.54) is 19.3 Å². The lowest BCUT2D eigenvalue weighted by atomic mass is 10.2. The maximum absolute atomic E-state index is 13.2. The number of nitrogens with zero attached hydrogens (tertiary/aromatic N) is 1. The third-order valence-corrected chi connectivity index (χ3v) is 8.41. The molecule has 0 bridgehead atoms. The first-order valence-electron chi connectivity index (χ1n) is 7.70. The Morgan fingerprint density at radius 2 is 2.00 bits per heavy atom. The highest BCUT2D eigenvalue weighted by molar-refractivity contribution is 7.91. The summed E-state index contributed by atoms with van der Waals surface area (Å²) in [6.45, 7) is 1.51. The first-order valence-corrected chi connectivity index (χ1v) is 10.9. The SMILES string of the molecule is Cc1cc(F)ccc1S(=O)(=O)N1CC[C@H](S(=O)(=O)Cc2ccco2)C1. The van der Waals surface area contributed by atoms with Crippen LogP contribution in [0.1, 0.15) is 17.7 Å². The Kier molecular flexibility index (Phi) is 4.74. The van der Waals surface area contributed by atoms with E-state index in [1.807, 2.05) is 0 Å². The maximum atomic E-state index is 13.2. The van der Waals surface area contributed by atoms with Crippen LogP contribution in [0.3, 0.4) is 0 Å². The minimum atomic E-state index is -3.86. The summed E-state index contributed by atoms with van der Waals surface area (Å²) in [5, 5.41) is -0.784. The van der Waals surface area contributed by atoms with Crippen molar-refractivity contribution in [3.63, 3.8) is 0 Å². The monoisotopic (exact) mass is 387 g/mol. The number of rotatable bonds is 5. The quantitative estimate of drug-likeness (QED) is 0.784. The molecule has 2 heterocycles. The fourth-order valence-corrected chi connectivity index (χ4v) is 6.43.